The second kappa shape index (κ2) is 10.7. The van der Waals surface area contributed by atoms with Crippen LogP contribution in [0.1, 0.15) is 19.3 Å². The summed E-state index contributed by atoms with van der Waals surface area (Å²) in [4.78, 5) is 4.85. The van der Waals surface area contributed by atoms with Crippen molar-refractivity contribution in [2.24, 2.45) is 0 Å². The van der Waals surface area contributed by atoms with E-state index in [2.05, 4.69) is 15.1 Å². The zero-order chi connectivity index (χ0) is 13.1. The van der Waals surface area contributed by atoms with Gasteiger partial charge in [0.1, 0.15) is 0 Å². The summed E-state index contributed by atoms with van der Waals surface area (Å²) in [6, 6.07) is 0. The van der Waals surface area contributed by atoms with Crippen LogP contribution >= 0.6 is 0 Å². The van der Waals surface area contributed by atoms with Gasteiger partial charge in [0.2, 0.25) is 0 Å². The normalized spacial score (nSPS) is 18.3. The SMILES string of the molecule is OCCNCCCCCN1CCN(CCO)CC1. The lowest BCUT2D eigenvalue weighted by Gasteiger charge is -2.34. The minimum atomic E-state index is 0.234. The van der Waals surface area contributed by atoms with Gasteiger partial charge in [0, 0.05) is 39.3 Å². The maximum Gasteiger partial charge on any atom is 0.0558 e. The molecule has 0 spiro atoms. The van der Waals surface area contributed by atoms with Crippen LogP contribution in [0.3, 0.4) is 0 Å². The van der Waals surface area contributed by atoms with E-state index in [1.807, 2.05) is 0 Å². The van der Waals surface area contributed by atoms with Crippen molar-refractivity contribution in [3.63, 3.8) is 0 Å². The number of rotatable bonds is 10. The van der Waals surface area contributed by atoms with Crippen molar-refractivity contribution < 1.29 is 10.2 Å². The summed E-state index contributed by atoms with van der Waals surface area (Å²) < 4.78 is 0. The molecule has 1 rings (SSSR count). The maximum absolute atomic E-state index is 8.87. The first-order chi connectivity index (χ1) is 8.86. The van der Waals surface area contributed by atoms with Gasteiger partial charge in [-0.05, 0) is 25.9 Å². The second-order valence-electron chi connectivity index (χ2n) is 4.94. The summed E-state index contributed by atoms with van der Waals surface area (Å²) in [5, 5.41) is 20.7. The second-order valence-corrected chi connectivity index (χ2v) is 4.94. The molecule has 0 radical (unpaired) electrons. The van der Waals surface area contributed by atoms with Crippen molar-refractivity contribution in [1.82, 2.24) is 15.1 Å². The van der Waals surface area contributed by atoms with Crippen LogP contribution in [0.4, 0.5) is 0 Å². The molecule has 1 fully saturated rings. The topological polar surface area (TPSA) is 59.0 Å². The molecule has 0 atom stereocenters. The van der Waals surface area contributed by atoms with E-state index in [0.29, 0.717) is 6.54 Å². The van der Waals surface area contributed by atoms with Crippen LogP contribution in [0.5, 0.6) is 0 Å². The molecule has 0 bridgehead atoms. The van der Waals surface area contributed by atoms with Crippen LogP contribution < -0.4 is 5.32 Å². The van der Waals surface area contributed by atoms with E-state index in [9.17, 15) is 0 Å². The van der Waals surface area contributed by atoms with Crippen molar-refractivity contribution in [3.05, 3.63) is 0 Å². The number of aliphatic hydroxyl groups is 2. The van der Waals surface area contributed by atoms with E-state index in [1.165, 1.54) is 25.8 Å². The van der Waals surface area contributed by atoms with Crippen molar-refractivity contribution >= 4 is 0 Å². The summed E-state index contributed by atoms with van der Waals surface area (Å²) >= 11 is 0. The number of hydrogen-bond donors (Lipinski definition) is 3. The standard InChI is InChI=1S/C13H29N3O2/c17-12-5-14-4-2-1-3-6-15-7-9-16(10-8-15)11-13-18/h14,17-18H,1-13H2. The lowest BCUT2D eigenvalue weighted by molar-refractivity contribution is 0.111. The van der Waals surface area contributed by atoms with Gasteiger partial charge in [-0.25, -0.2) is 0 Å². The molecule has 0 aliphatic carbocycles. The monoisotopic (exact) mass is 259 g/mol. The highest BCUT2D eigenvalue weighted by Gasteiger charge is 2.15. The fraction of sp³-hybridized carbons (Fsp3) is 1.00. The van der Waals surface area contributed by atoms with E-state index < -0.39 is 0 Å². The summed E-state index contributed by atoms with van der Waals surface area (Å²) in [6.45, 7) is 8.75. The van der Waals surface area contributed by atoms with E-state index >= 15 is 0 Å². The van der Waals surface area contributed by atoms with E-state index in [4.69, 9.17) is 10.2 Å². The highest BCUT2D eigenvalue weighted by atomic mass is 16.3. The predicted octanol–water partition coefficient (Wildman–Crippen LogP) is -0.651. The average molecular weight is 259 g/mol. The molecule has 0 saturated carbocycles. The molecule has 1 aliphatic rings. The molecule has 0 aromatic heterocycles. The van der Waals surface area contributed by atoms with Crippen molar-refractivity contribution in [1.29, 1.82) is 0 Å². The Labute approximate surface area is 111 Å². The first-order valence-corrected chi connectivity index (χ1v) is 7.24. The van der Waals surface area contributed by atoms with Gasteiger partial charge >= 0.3 is 0 Å². The first-order valence-electron chi connectivity index (χ1n) is 7.24. The molecule has 18 heavy (non-hydrogen) atoms. The van der Waals surface area contributed by atoms with Crippen LogP contribution in [-0.4, -0.2) is 85.6 Å². The first kappa shape index (κ1) is 15.9. The van der Waals surface area contributed by atoms with Crippen LogP contribution in [-0.2, 0) is 0 Å². The molecule has 5 nitrogen and oxygen atoms in total. The smallest absolute Gasteiger partial charge is 0.0558 e. The summed E-state index contributed by atoms with van der Waals surface area (Å²) in [5.41, 5.74) is 0. The quantitative estimate of drug-likeness (QED) is 0.455. The highest BCUT2D eigenvalue weighted by Crippen LogP contribution is 2.04. The Morgan fingerprint density at radius 1 is 0.722 bits per heavy atom. The third-order valence-electron chi connectivity index (χ3n) is 3.50. The van der Waals surface area contributed by atoms with Crippen LogP contribution in [0, 0.1) is 0 Å². The fourth-order valence-corrected chi connectivity index (χ4v) is 2.34. The molecule has 0 unspecified atom stereocenters. The van der Waals surface area contributed by atoms with Crippen molar-refractivity contribution in [3.8, 4) is 0 Å². The van der Waals surface area contributed by atoms with Gasteiger partial charge in [0.25, 0.3) is 0 Å². The molecule has 1 aliphatic heterocycles. The Balaban J connectivity index is 1.88. The van der Waals surface area contributed by atoms with Crippen molar-refractivity contribution in [2.45, 2.75) is 19.3 Å². The molecule has 0 aromatic rings. The highest BCUT2D eigenvalue weighted by molar-refractivity contribution is 4.71. The van der Waals surface area contributed by atoms with Gasteiger partial charge in [-0.3, -0.25) is 4.90 Å². The van der Waals surface area contributed by atoms with Gasteiger partial charge < -0.3 is 20.4 Å². The number of nitrogens with zero attached hydrogens (tertiary/aromatic N) is 2. The number of aliphatic hydroxyl groups excluding tert-OH is 2. The number of nitrogens with one attached hydrogen (secondary N) is 1. The van der Waals surface area contributed by atoms with Gasteiger partial charge in [-0.1, -0.05) is 6.42 Å². The van der Waals surface area contributed by atoms with Crippen LogP contribution in [0.15, 0.2) is 0 Å². The summed E-state index contributed by atoms with van der Waals surface area (Å²) in [7, 11) is 0. The molecular formula is C13H29N3O2. The molecule has 0 amide bonds. The molecule has 3 N–H and O–H groups in total. The van der Waals surface area contributed by atoms with Gasteiger partial charge in [0.05, 0.1) is 13.2 Å². The van der Waals surface area contributed by atoms with Crippen LogP contribution in [0.2, 0.25) is 0 Å². The Morgan fingerprint density at radius 2 is 1.39 bits per heavy atom. The largest absolute Gasteiger partial charge is 0.395 e. The van der Waals surface area contributed by atoms with Crippen LogP contribution in [0.25, 0.3) is 0 Å². The number of piperazine rings is 1. The van der Waals surface area contributed by atoms with E-state index in [-0.39, 0.29) is 13.2 Å². The minimum Gasteiger partial charge on any atom is -0.395 e. The third kappa shape index (κ3) is 7.28. The lowest BCUT2D eigenvalue weighted by atomic mass is 10.2. The molecule has 1 heterocycles. The Hall–Kier alpha value is -0.200. The molecule has 5 heteroatoms. The van der Waals surface area contributed by atoms with Crippen molar-refractivity contribution in [2.75, 3.05) is 65.6 Å². The third-order valence-corrected chi connectivity index (χ3v) is 3.50. The molecule has 0 aromatic carbocycles. The molecule has 108 valence electrons. The van der Waals surface area contributed by atoms with Gasteiger partial charge in [0.15, 0.2) is 0 Å². The lowest BCUT2D eigenvalue weighted by Crippen LogP contribution is -2.47. The Kier molecular flexibility index (Phi) is 9.42. The summed E-state index contributed by atoms with van der Waals surface area (Å²) in [5.74, 6) is 0. The van der Waals surface area contributed by atoms with E-state index in [1.54, 1.807) is 0 Å². The number of unbranched alkanes of at least 4 members (excludes halogenated alkanes) is 2. The predicted molar refractivity (Wildman–Crippen MR) is 73.8 cm³/mol. The fourth-order valence-electron chi connectivity index (χ4n) is 2.34. The molecular weight excluding hydrogens is 230 g/mol. The molecule has 1 saturated heterocycles. The number of hydrogen-bond acceptors (Lipinski definition) is 5. The number of β-amino-alcohol motifs (C(OH)–C–C–N with tert-alkyl or cyclic N) is 1. The Bertz CT molecular complexity index is 185. The van der Waals surface area contributed by atoms with Gasteiger partial charge in [-0.2, -0.15) is 0 Å². The van der Waals surface area contributed by atoms with E-state index in [0.717, 1.165) is 39.3 Å². The van der Waals surface area contributed by atoms with Gasteiger partial charge in [-0.15, -0.1) is 0 Å². The zero-order valence-corrected chi connectivity index (χ0v) is 11.5. The minimum absolute atomic E-state index is 0.234. The average Bonchev–Trinajstić information content (AvgIpc) is 2.40. The summed E-state index contributed by atoms with van der Waals surface area (Å²) in [6.07, 6.45) is 3.72. The maximum atomic E-state index is 8.87. The zero-order valence-electron chi connectivity index (χ0n) is 11.5. The Morgan fingerprint density at radius 3 is 2.00 bits per heavy atom.